The van der Waals surface area contributed by atoms with Crippen LogP contribution in [0, 0.1) is 3.57 Å². The van der Waals surface area contributed by atoms with Gasteiger partial charge < -0.3 is 10.0 Å². The van der Waals surface area contributed by atoms with Crippen LogP contribution >= 0.6 is 34.2 Å². The highest BCUT2D eigenvalue weighted by atomic mass is 127. The van der Waals surface area contributed by atoms with Crippen molar-refractivity contribution in [1.82, 2.24) is 0 Å². The van der Waals surface area contributed by atoms with E-state index >= 15 is 0 Å². The Morgan fingerprint density at radius 1 is 1.26 bits per heavy atom. The summed E-state index contributed by atoms with van der Waals surface area (Å²) in [4.78, 5) is 13.9. The van der Waals surface area contributed by atoms with Gasteiger partial charge in [-0.15, -0.1) is 0 Å². The van der Waals surface area contributed by atoms with Crippen molar-refractivity contribution in [1.29, 1.82) is 0 Å². The van der Waals surface area contributed by atoms with E-state index < -0.39 is 0 Å². The zero-order valence-corrected chi connectivity index (χ0v) is 13.0. The van der Waals surface area contributed by atoms with Crippen molar-refractivity contribution in [3.05, 3.63) is 56.6 Å². The lowest BCUT2D eigenvalue weighted by Gasteiger charge is -2.18. The first kappa shape index (κ1) is 14.1. The number of rotatable bonds is 2. The number of hydrogen-bond acceptors (Lipinski definition) is 2. The molecule has 0 spiro atoms. The van der Waals surface area contributed by atoms with E-state index in [2.05, 4.69) is 22.6 Å². The molecule has 0 aliphatic carbocycles. The summed E-state index contributed by atoms with van der Waals surface area (Å²) in [6.07, 6.45) is 0. The van der Waals surface area contributed by atoms with Gasteiger partial charge in [-0.3, -0.25) is 4.79 Å². The van der Waals surface area contributed by atoms with Crippen LogP contribution in [0.15, 0.2) is 42.5 Å². The fourth-order valence-electron chi connectivity index (χ4n) is 1.66. The predicted octanol–water partition coefficient (Wildman–Crippen LogP) is 3.93. The van der Waals surface area contributed by atoms with Gasteiger partial charge in [-0.05, 0) is 52.9 Å². The molecule has 19 heavy (non-hydrogen) atoms. The van der Waals surface area contributed by atoms with E-state index in [-0.39, 0.29) is 11.7 Å². The number of phenols is 1. The summed E-state index contributed by atoms with van der Waals surface area (Å²) in [6.45, 7) is 0. The van der Waals surface area contributed by atoms with Gasteiger partial charge in [-0.1, -0.05) is 17.7 Å². The van der Waals surface area contributed by atoms with Crippen molar-refractivity contribution in [2.24, 2.45) is 0 Å². The fraction of sp³-hybridized carbons (Fsp3) is 0.0714. The fourth-order valence-corrected chi connectivity index (χ4v) is 2.40. The van der Waals surface area contributed by atoms with Crippen molar-refractivity contribution < 1.29 is 9.90 Å². The SMILES string of the molecule is CN(C(=O)c1cc(Cl)ccc1I)c1cccc(O)c1. The quantitative estimate of drug-likeness (QED) is 0.793. The average molecular weight is 388 g/mol. The number of aromatic hydroxyl groups is 1. The monoisotopic (exact) mass is 387 g/mol. The molecular formula is C14H11ClINO2. The predicted molar refractivity (Wildman–Crippen MR) is 85.0 cm³/mol. The molecule has 1 amide bonds. The van der Waals surface area contributed by atoms with Crippen LogP contribution in [0.2, 0.25) is 5.02 Å². The van der Waals surface area contributed by atoms with Crippen LogP contribution in [0.1, 0.15) is 10.4 Å². The van der Waals surface area contributed by atoms with Crippen molar-refractivity contribution in [3.8, 4) is 5.75 Å². The van der Waals surface area contributed by atoms with Crippen LogP contribution in [0.25, 0.3) is 0 Å². The van der Waals surface area contributed by atoms with Crippen molar-refractivity contribution in [2.75, 3.05) is 11.9 Å². The highest BCUT2D eigenvalue weighted by molar-refractivity contribution is 14.1. The van der Waals surface area contributed by atoms with Crippen LogP contribution in [0.5, 0.6) is 5.75 Å². The van der Waals surface area contributed by atoms with Gasteiger partial charge in [0.15, 0.2) is 0 Å². The molecule has 3 nitrogen and oxygen atoms in total. The molecule has 0 saturated heterocycles. The summed E-state index contributed by atoms with van der Waals surface area (Å²) in [5.74, 6) is -0.0459. The Bertz CT molecular complexity index is 631. The topological polar surface area (TPSA) is 40.5 Å². The van der Waals surface area contributed by atoms with E-state index in [9.17, 15) is 9.90 Å². The first-order valence-corrected chi connectivity index (χ1v) is 6.97. The van der Waals surface area contributed by atoms with E-state index in [1.807, 2.05) is 0 Å². The molecule has 98 valence electrons. The lowest BCUT2D eigenvalue weighted by molar-refractivity contribution is 0.0992. The number of anilines is 1. The van der Waals surface area contributed by atoms with Gasteiger partial charge in [-0.25, -0.2) is 0 Å². The first-order valence-electron chi connectivity index (χ1n) is 5.51. The van der Waals surface area contributed by atoms with E-state index in [0.717, 1.165) is 3.57 Å². The Labute approximate surface area is 129 Å². The third-order valence-electron chi connectivity index (χ3n) is 2.68. The molecule has 2 rings (SSSR count). The Kier molecular flexibility index (Phi) is 4.31. The summed E-state index contributed by atoms with van der Waals surface area (Å²) in [6, 6.07) is 11.7. The summed E-state index contributed by atoms with van der Waals surface area (Å²) in [5, 5.41) is 9.97. The maximum absolute atomic E-state index is 12.4. The van der Waals surface area contributed by atoms with E-state index in [1.165, 1.54) is 11.0 Å². The Morgan fingerprint density at radius 2 is 2.00 bits per heavy atom. The number of carbonyl (C=O) groups excluding carboxylic acids is 1. The van der Waals surface area contributed by atoms with E-state index in [1.54, 1.807) is 43.4 Å². The van der Waals surface area contributed by atoms with Crippen LogP contribution in [-0.4, -0.2) is 18.1 Å². The summed E-state index contributed by atoms with van der Waals surface area (Å²) < 4.78 is 0.832. The normalized spacial score (nSPS) is 10.3. The van der Waals surface area contributed by atoms with Crippen LogP contribution in [-0.2, 0) is 0 Å². The summed E-state index contributed by atoms with van der Waals surface area (Å²) in [7, 11) is 1.66. The second-order valence-corrected chi connectivity index (χ2v) is 5.61. The van der Waals surface area contributed by atoms with Gasteiger partial charge in [0.2, 0.25) is 0 Å². The third kappa shape index (κ3) is 3.19. The second kappa shape index (κ2) is 5.79. The molecule has 0 bridgehead atoms. The zero-order chi connectivity index (χ0) is 14.0. The average Bonchev–Trinajstić information content (AvgIpc) is 2.40. The maximum Gasteiger partial charge on any atom is 0.259 e. The smallest absolute Gasteiger partial charge is 0.259 e. The van der Waals surface area contributed by atoms with Gasteiger partial charge in [-0.2, -0.15) is 0 Å². The number of benzene rings is 2. The molecule has 0 aliphatic heterocycles. The Morgan fingerprint density at radius 3 is 2.68 bits per heavy atom. The molecule has 0 aliphatic rings. The minimum Gasteiger partial charge on any atom is -0.508 e. The van der Waals surface area contributed by atoms with Gasteiger partial charge in [0.25, 0.3) is 5.91 Å². The van der Waals surface area contributed by atoms with Crippen molar-refractivity contribution >= 4 is 45.8 Å². The Hall–Kier alpha value is -1.27. The van der Waals surface area contributed by atoms with Crippen LogP contribution < -0.4 is 4.90 Å². The third-order valence-corrected chi connectivity index (χ3v) is 3.86. The Balaban J connectivity index is 2.36. The van der Waals surface area contributed by atoms with Gasteiger partial charge in [0.05, 0.1) is 5.56 Å². The molecule has 1 N–H and O–H groups in total. The molecule has 0 saturated carbocycles. The highest BCUT2D eigenvalue weighted by Gasteiger charge is 2.17. The molecule has 0 unspecified atom stereocenters. The van der Waals surface area contributed by atoms with Gasteiger partial charge in [0.1, 0.15) is 5.75 Å². The van der Waals surface area contributed by atoms with Crippen molar-refractivity contribution in [2.45, 2.75) is 0 Å². The molecule has 0 aromatic heterocycles. The second-order valence-electron chi connectivity index (χ2n) is 4.01. The number of hydrogen-bond donors (Lipinski definition) is 1. The molecule has 0 radical (unpaired) electrons. The minimum atomic E-state index is -0.169. The molecular weight excluding hydrogens is 377 g/mol. The molecule has 5 heteroatoms. The van der Waals surface area contributed by atoms with Gasteiger partial charge >= 0.3 is 0 Å². The highest BCUT2D eigenvalue weighted by Crippen LogP contribution is 2.24. The zero-order valence-electron chi connectivity index (χ0n) is 10.1. The first-order chi connectivity index (χ1) is 8.99. The lowest BCUT2D eigenvalue weighted by Crippen LogP contribution is -2.26. The maximum atomic E-state index is 12.4. The molecule has 2 aromatic rings. The number of amides is 1. The number of phenolic OH excluding ortho intramolecular Hbond substituents is 1. The minimum absolute atomic E-state index is 0.123. The number of nitrogens with zero attached hydrogens (tertiary/aromatic N) is 1. The van der Waals surface area contributed by atoms with Gasteiger partial charge in [0, 0.05) is 27.4 Å². The molecule has 2 aromatic carbocycles. The summed E-state index contributed by atoms with van der Waals surface area (Å²) >= 11 is 8.02. The number of carbonyl (C=O) groups is 1. The largest absolute Gasteiger partial charge is 0.508 e. The van der Waals surface area contributed by atoms with Crippen LogP contribution in [0.4, 0.5) is 5.69 Å². The number of halogens is 2. The van der Waals surface area contributed by atoms with Crippen molar-refractivity contribution in [3.63, 3.8) is 0 Å². The molecule has 0 fully saturated rings. The van der Waals surface area contributed by atoms with E-state index in [4.69, 9.17) is 11.6 Å². The molecule has 0 heterocycles. The van der Waals surface area contributed by atoms with Crippen LogP contribution in [0.3, 0.4) is 0 Å². The lowest BCUT2D eigenvalue weighted by atomic mass is 10.2. The molecule has 0 atom stereocenters. The summed E-state index contributed by atoms with van der Waals surface area (Å²) in [5.41, 5.74) is 1.17. The standard InChI is InChI=1S/C14H11ClINO2/c1-17(10-3-2-4-11(18)8-10)14(19)12-7-9(15)5-6-13(12)16/h2-8,18H,1H3. The van der Waals surface area contributed by atoms with E-state index in [0.29, 0.717) is 16.3 Å².